The Bertz CT molecular complexity index is 815. The van der Waals surface area contributed by atoms with E-state index in [2.05, 4.69) is 4.98 Å². The number of aromatic nitrogens is 1. The summed E-state index contributed by atoms with van der Waals surface area (Å²) in [7, 11) is -3.31. The van der Waals surface area contributed by atoms with Crippen LogP contribution in [0.25, 0.3) is 0 Å². The molecule has 0 amide bonds. The normalized spacial score (nSPS) is 20.7. The van der Waals surface area contributed by atoms with Gasteiger partial charge in [-0.15, -0.1) is 0 Å². The van der Waals surface area contributed by atoms with Gasteiger partial charge in [-0.2, -0.15) is 22.0 Å². The molecule has 0 saturated heterocycles. The van der Waals surface area contributed by atoms with Crippen molar-refractivity contribution in [1.82, 2.24) is 9.88 Å². The van der Waals surface area contributed by atoms with E-state index < -0.39 is 28.5 Å². The van der Waals surface area contributed by atoms with E-state index in [-0.39, 0.29) is 23.9 Å². The smallest absolute Gasteiger partial charge is 0.454 e. The van der Waals surface area contributed by atoms with Crippen LogP contribution in [-0.2, 0) is 9.84 Å². The van der Waals surface area contributed by atoms with Gasteiger partial charge in [0.05, 0.1) is 18.0 Å². The van der Waals surface area contributed by atoms with E-state index in [4.69, 9.17) is 4.74 Å². The molecule has 1 fully saturated rings. The number of halogens is 5. The Morgan fingerprint density at radius 3 is 2.45 bits per heavy atom. The molecule has 31 heavy (non-hydrogen) atoms. The van der Waals surface area contributed by atoms with Gasteiger partial charge in [-0.05, 0) is 56.2 Å². The second-order valence-corrected chi connectivity index (χ2v) is 10.3. The number of nitrogens with zero attached hydrogens (tertiary/aromatic N) is 2. The number of hydrogen-bond donors (Lipinski definition) is 0. The van der Waals surface area contributed by atoms with Crippen LogP contribution in [0.1, 0.15) is 33.1 Å². The fourth-order valence-corrected chi connectivity index (χ4v) is 4.17. The second-order valence-electron chi connectivity index (χ2n) is 8.24. The summed E-state index contributed by atoms with van der Waals surface area (Å²) in [5.41, 5.74) is 0. The lowest BCUT2D eigenvalue weighted by Gasteiger charge is -2.28. The van der Waals surface area contributed by atoms with Crippen LogP contribution in [0.4, 0.5) is 22.0 Å². The molecular formula is C20H29F5N2O3S. The van der Waals surface area contributed by atoms with Gasteiger partial charge in [-0.25, -0.2) is 13.4 Å². The maximum atomic E-state index is 13.3. The molecule has 3 unspecified atom stereocenters. The lowest BCUT2D eigenvalue weighted by molar-refractivity contribution is -0.286. The van der Waals surface area contributed by atoms with Gasteiger partial charge in [0.15, 0.2) is 9.84 Å². The van der Waals surface area contributed by atoms with Gasteiger partial charge in [0.25, 0.3) is 0 Å². The van der Waals surface area contributed by atoms with Crippen LogP contribution >= 0.6 is 0 Å². The topological polar surface area (TPSA) is 59.5 Å². The highest BCUT2D eigenvalue weighted by molar-refractivity contribution is 7.90. The predicted octanol–water partition coefficient (Wildman–Crippen LogP) is 4.44. The van der Waals surface area contributed by atoms with Crippen molar-refractivity contribution in [3.63, 3.8) is 0 Å². The molecule has 0 aromatic carbocycles. The van der Waals surface area contributed by atoms with Crippen molar-refractivity contribution < 1.29 is 35.1 Å². The predicted molar refractivity (Wildman–Crippen MR) is 106 cm³/mol. The monoisotopic (exact) mass is 472 g/mol. The average Bonchev–Trinajstić information content (AvgIpc) is 3.43. The molecule has 11 heteroatoms. The van der Waals surface area contributed by atoms with Gasteiger partial charge in [0.2, 0.25) is 5.88 Å². The molecule has 1 heterocycles. The van der Waals surface area contributed by atoms with Crippen molar-refractivity contribution in [2.75, 3.05) is 32.5 Å². The molecule has 1 aliphatic rings. The lowest BCUT2D eigenvalue weighted by atomic mass is 9.99. The second kappa shape index (κ2) is 9.97. The van der Waals surface area contributed by atoms with Crippen molar-refractivity contribution >= 4 is 9.84 Å². The molecule has 1 aromatic heterocycles. The van der Waals surface area contributed by atoms with Crippen LogP contribution in [0.5, 0.6) is 5.88 Å². The molecule has 1 aromatic rings. The van der Waals surface area contributed by atoms with Gasteiger partial charge in [-0.1, -0.05) is 13.8 Å². The fraction of sp³-hybridized carbons (Fsp3) is 0.750. The molecule has 0 aliphatic heterocycles. The molecule has 5 nitrogen and oxygen atoms in total. The van der Waals surface area contributed by atoms with Crippen LogP contribution in [-0.4, -0.2) is 62.9 Å². The molecule has 1 aliphatic carbocycles. The molecule has 0 radical (unpaired) electrons. The summed E-state index contributed by atoms with van der Waals surface area (Å²) in [6.45, 7) is 2.99. The molecule has 2 rings (SSSR count). The van der Waals surface area contributed by atoms with E-state index in [0.717, 1.165) is 24.0 Å². The molecule has 0 N–H and O–H groups in total. The summed E-state index contributed by atoms with van der Waals surface area (Å²) in [5.74, 6) is -3.35. The summed E-state index contributed by atoms with van der Waals surface area (Å²) >= 11 is 0. The van der Waals surface area contributed by atoms with Gasteiger partial charge in [0, 0.05) is 18.5 Å². The van der Waals surface area contributed by atoms with Gasteiger partial charge in [0.1, 0.15) is 0 Å². The van der Waals surface area contributed by atoms with Crippen molar-refractivity contribution in [3.8, 4) is 5.88 Å². The maximum Gasteiger partial charge on any atom is 0.454 e. The quantitative estimate of drug-likeness (QED) is 0.421. The van der Waals surface area contributed by atoms with Crippen molar-refractivity contribution in [2.24, 2.45) is 17.8 Å². The Balaban J connectivity index is 1.70. The summed E-state index contributed by atoms with van der Waals surface area (Å²) in [6, 6.07) is 2.93. The number of sulfone groups is 1. The zero-order chi connectivity index (χ0) is 23.4. The Kier molecular flexibility index (Phi) is 8.29. The molecule has 0 bridgehead atoms. The molecular weight excluding hydrogens is 443 g/mol. The minimum atomic E-state index is -5.53. The number of ether oxygens (including phenoxy) is 1. The third-order valence-electron chi connectivity index (χ3n) is 5.77. The van der Waals surface area contributed by atoms with E-state index in [1.807, 2.05) is 6.92 Å². The van der Waals surface area contributed by atoms with Gasteiger partial charge < -0.3 is 4.74 Å². The van der Waals surface area contributed by atoms with Crippen molar-refractivity contribution in [1.29, 1.82) is 0 Å². The Morgan fingerprint density at radius 1 is 1.26 bits per heavy atom. The van der Waals surface area contributed by atoms with E-state index in [0.29, 0.717) is 30.7 Å². The minimum Gasteiger partial charge on any atom is -0.478 e. The number of rotatable bonds is 12. The zero-order valence-corrected chi connectivity index (χ0v) is 18.6. The minimum absolute atomic E-state index is 0.116. The van der Waals surface area contributed by atoms with Gasteiger partial charge >= 0.3 is 12.1 Å². The van der Waals surface area contributed by atoms with Crippen molar-refractivity contribution in [2.45, 2.75) is 50.1 Å². The Morgan fingerprint density at radius 2 is 1.94 bits per heavy atom. The van der Waals surface area contributed by atoms with Gasteiger partial charge in [-0.3, -0.25) is 4.90 Å². The highest BCUT2D eigenvalue weighted by Gasteiger charge is 2.57. The number of hydrogen-bond acceptors (Lipinski definition) is 5. The maximum absolute atomic E-state index is 13.3. The van der Waals surface area contributed by atoms with Crippen LogP contribution in [0.3, 0.4) is 0 Å². The first kappa shape index (κ1) is 25.8. The third-order valence-corrected chi connectivity index (χ3v) is 6.87. The molecule has 178 valence electrons. The first-order valence-electron chi connectivity index (χ1n) is 10.2. The molecule has 0 spiro atoms. The van der Waals surface area contributed by atoms with Crippen LogP contribution in [0, 0.1) is 17.8 Å². The summed E-state index contributed by atoms with van der Waals surface area (Å²) in [4.78, 5) is 5.24. The average molecular weight is 473 g/mol. The van der Waals surface area contributed by atoms with E-state index >= 15 is 0 Å². The molecule has 1 saturated carbocycles. The Hall–Kier alpha value is -1.49. The van der Waals surface area contributed by atoms with Crippen molar-refractivity contribution in [3.05, 3.63) is 18.3 Å². The lowest BCUT2D eigenvalue weighted by Crippen LogP contribution is -2.47. The van der Waals surface area contributed by atoms with Crippen LogP contribution < -0.4 is 4.74 Å². The van der Waals surface area contributed by atoms with Crippen LogP contribution in [0.2, 0.25) is 0 Å². The van der Waals surface area contributed by atoms with Crippen LogP contribution in [0.15, 0.2) is 23.2 Å². The molecule has 3 atom stereocenters. The standard InChI is InChI=1S/C20H29F5N2O3S/c1-4-27(13-19(21,22)20(23,24)25)9-7-14(2)17-11-15(17)8-10-30-18-6-5-16(12-26-18)31(3,28)29/h5-6,12,14-15,17H,4,7-11,13H2,1-3H3. The number of alkyl halides is 5. The zero-order valence-electron chi connectivity index (χ0n) is 17.8. The summed E-state index contributed by atoms with van der Waals surface area (Å²) in [5, 5.41) is 0. The van der Waals surface area contributed by atoms with E-state index in [1.165, 1.54) is 18.3 Å². The SMILES string of the molecule is CCN(CCC(C)C1CC1CCOc1ccc(S(C)(=O)=O)cn1)CC(F)(F)C(F)(F)F. The highest BCUT2D eigenvalue weighted by Crippen LogP contribution is 2.47. The first-order valence-corrected chi connectivity index (χ1v) is 12.1. The van der Waals surface area contributed by atoms with E-state index in [1.54, 1.807) is 6.92 Å². The number of pyridine rings is 1. The summed E-state index contributed by atoms with van der Waals surface area (Å²) < 4.78 is 92.1. The Labute approximate surface area is 179 Å². The van der Waals surface area contributed by atoms with E-state index in [9.17, 15) is 30.4 Å². The largest absolute Gasteiger partial charge is 0.478 e. The summed E-state index contributed by atoms with van der Waals surface area (Å²) in [6.07, 6.45) is -0.898. The third kappa shape index (κ3) is 7.55. The fourth-order valence-electron chi connectivity index (χ4n) is 3.61. The highest BCUT2D eigenvalue weighted by atomic mass is 32.2. The first-order chi connectivity index (χ1) is 14.2.